The van der Waals surface area contributed by atoms with Crippen LogP contribution in [0.15, 0.2) is 42.5 Å². The molecule has 29 heavy (non-hydrogen) atoms. The Morgan fingerprint density at radius 2 is 1.62 bits per heavy atom. The van der Waals surface area contributed by atoms with E-state index in [4.69, 9.17) is 4.74 Å². The first-order chi connectivity index (χ1) is 14.0. The highest BCUT2D eigenvalue weighted by atomic mass is 16.5. The van der Waals surface area contributed by atoms with E-state index >= 15 is 0 Å². The molecule has 0 spiro atoms. The number of hydrogen-bond acceptors (Lipinski definition) is 1. The third-order valence-electron chi connectivity index (χ3n) is 5.99. The maximum absolute atomic E-state index is 5.57. The number of aryl methyl sites for hydroxylation is 3. The van der Waals surface area contributed by atoms with Crippen molar-refractivity contribution in [2.45, 2.75) is 91.6 Å². The van der Waals surface area contributed by atoms with E-state index in [0.29, 0.717) is 6.10 Å². The summed E-state index contributed by atoms with van der Waals surface area (Å²) in [5, 5.41) is 0. The lowest BCUT2D eigenvalue weighted by molar-refractivity contribution is 0.0850. The zero-order valence-electron chi connectivity index (χ0n) is 19.5. The van der Waals surface area contributed by atoms with Gasteiger partial charge in [-0.25, -0.2) is 0 Å². The molecule has 2 rings (SSSR count). The lowest BCUT2D eigenvalue weighted by Crippen LogP contribution is -2.09. The summed E-state index contributed by atoms with van der Waals surface area (Å²) in [6, 6.07) is 16.2. The summed E-state index contributed by atoms with van der Waals surface area (Å²) < 4.78 is 5.57. The van der Waals surface area contributed by atoms with Gasteiger partial charge in [-0.3, -0.25) is 0 Å². The molecule has 1 heteroatoms. The van der Waals surface area contributed by atoms with Crippen LogP contribution >= 0.6 is 0 Å². The van der Waals surface area contributed by atoms with Crippen molar-refractivity contribution in [3.05, 3.63) is 59.2 Å². The lowest BCUT2D eigenvalue weighted by Gasteiger charge is -2.14. The highest BCUT2D eigenvalue weighted by Gasteiger charge is 2.07. The molecule has 0 aromatic heterocycles. The summed E-state index contributed by atoms with van der Waals surface area (Å²) >= 11 is 0. The molecule has 2 aromatic carbocycles. The zero-order chi connectivity index (χ0) is 21.1. The van der Waals surface area contributed by atoms with Crippen molar-refractivity contribution in [3.8, 4) is 11.1 Å². The molecule has 1 nitrogen and oxygen atoms in total. The Hall–Kier alpha value is -1.60. The molecule has 0 aliphatic carbocycles. The fourth-order valence-electron chi connectivity index (χ4n) is 4.07. The molecular weight excluding hydrogens is 352 g/mol. The molecular formula is C28H42O. The van der Waals surface area contributed by atoms with Gasteiger partial charge in [-0.1, -0.05) is 82.5 Å². The first-order valence-corrected chi connectivity index (χ1v) is 11.7. The lowest BCUT2D eigenvalue weighted by atomic mass is 9.93. The molecule has 0 saturated carbocycles. The van der Waals surface area contributed by atoms with Gasteiger partial charge >= 0.3 is 0 Å². The summed E-state index contributed by atoms with van der Waals surface area (Å²) in [5.41, 5.74) is 7.07. The maximum atomic E-state index is 5.57. The molecule has 0 saturated heterocycles. The van der Waals surface area contributed by atoms with Crippen LogP contribution in [-0.2, 0) is 17.6 Å². The fourth-order valence-corrected chi connectivity index (χ4v) is 4.07. The van der Waals surface area contributed by atoms with Crippen molar-refractivity contribution in [1.82, 2.24) is 0 Å². The molecule has 160 valence electrons. The van der Waals surface area contributed by atoms with Gasteiger partial charge in [0.2, 0.25) is 0 Å². The van der Waals surface area contributed by atoms with E-state index in [1.54, 1.807) is 0 Å². The Morgan fingerprint density at radius 3 is 2.34 bits per heavy atom. The van der Waals surface area contributed by atoms with Gasteiger partial charge in [0, 0.05) is 7.11 Å². The Labute approximate surface area is 179 Å². The summed E-state index contributed by atoms with van der Waals surface area (Å²) in [6.07, 6.45) is 11.5. The quantitative estimate of drug-likeness (QED) is 0.311. The summed E-state index contributed by atoms with van der Waals surface area (Å²) in [5.74, 6) is 0.754. The van der Waals surface area contributed by atoms with Crippen LogP contribution in [0.1, 0.15) is 82.4 Å². The van der Waals surface area contributed by atoms with E-state index in [0.717, 1.165) is 5.92 Å². The second-order valence-corrected chi connectivity index (χ2v) is 9.03. The van der Waals surface area contributed by atoms with Crippen LogP contribution in [0.2, 0.25) is 0 Å². The largest absolute Gasteiger partial charge is 0.381 e. The van der Waals surface area contributed by atoms with Gasteiger partial charge in [-0.15, -0.1) is 0 Å². The average Bonchev–Trinajstić information content (AvgIpc) is 2.72. The van der Waals surface area contributed by atoms with Gasteiger partial charge < -0.3 is 4.74 Å². The molecule has 0 N–H and O–H groups in total. The highest BCUT2D eigenvalue weighted by molar-refractivity contribution is 5.68. The number of rotatable bonds is 13. The van der Waals surface area contributed by atoms with Gasteiger partial charge in [0.1, 0.15) is 0 Å². The van der Waals surface area contributed by atoms with E-state index in [-0.39, 0.29) is 0 Å². The molecule has 0 fully saturated rings. The first-order valence-electron chi connectivity index (χ1n) is 11.7. The van der Waals surface area contributed by atoms with Crippen LogP contribution in [0.4, 0.5) is 0 Å². The Bertz CT molecular complexity index is 716. The predicted octanol–water partition coefficient (Wildman–Crippen LogP) is 8.17. The maximum Gasteiger partial charge on any atom is 0.0571 e. The normalized spacial score (nSPS) is 12.5. The van der Waals surface area contributed by atoms with Crippen LogP contribution in [0.25, 0.3) is 11.1 Å². The second-order valence-electron chi connectivity index (χ2n) is 9.03. The third kappa shape index (κ3) is 8.34. The van der Waals surface area contributed by atoms with E-state index in [1.807, 2.05) is 7.11 Å². The van der Waals surface area contributed by atoms with Crippen molar-refractivity contribution < 1.29 is 4.74 Å². The molecule has 1 atom stereocenters. The Kier molecular flexibility index (Phi) is 10.5. The predicted molar refractivity (Wildman–Crippen MR) is 128 cm³/mol. The SMILES string of the molecule is CCCC(CCCCCc1cccc(-c2cc(CCC(C)C)ccc2C)c1)OC. The molecule has 2 aromatic rings. The van der Waals surface area contributed by atoms with E-state index in [1.165, 1.54) is 85.6 Å². The molecule has 1 unspecified atom stereocenters. The minimum atomic E-state index is 0.453. The van der Waals surface area contributed by atoms with Crippen molar-refractivity contribution >= 4 is 0 Å². The van der Waals surface area contributed by atoms with E-state index in [9.17, 15) is 0 Å². The molecule has 0 radical (unpaired) electrons. The summed E-state index contributed by atoms with van der Waals surface area (Å²) in [6.45, 7) is 9.08. The first kappa shape index (κ1) is 23.7. The smallest absolute Gasteiger partial charge is 0.0571 e. The van der Waals surface area contributed by atoms with Gasteiger partial charge in [-0.2, -0.15) is 0 Å². The van der Waals surface area contributed by atoms with Crippen LogP contribution in [0.3, 0.4) is 0 Å². The van der Waals surface area contributed by atoms with Gasteiger partial charge in [0.15, 0.2) is 0 Å². The number of unbranched alkanes of at least 4 members (excludes halogenated alkanes) is 2. The molecule has 0 aliphatic heterocycles. The monoisotopic (exact) mass is 394 g/mol. The third-order valence-corrected chi connectivity index (χ3v) is 5.99. The number of methoxy groups -OCH3 is 1. The fraction of sp³-hybridized carbons (Fsp3) is 0.571. The minimum Gasteiger partial charge on any atom is -0.381 e. The number of ether oxygens (including phenoxy) is 1. The standard InChI is InChI=1S/C28H42O/c1-6-11-27(29-5)15-9-7-8-12-24-13-10-14-26(20-24)28-21-25(18-16-22(2)3)19-17-23(28)4/h10,13-14,17,19-22,27H,6-9,11-12,15-16,18H2,1-5H3. The Balaban J connectivity index is 1.93. The topological polar surface area (TPSA) is 9.23 Å². The van der Waals surface area contributed by atoms with Crippen LogP contribution < -0.4 is 0 Å². The average molecular weight is 395 g/mol. The zero-order valence-corrected chi connectivity index (χ0v) is 19.5. The number of benzene rings is 2. The van der Waals surface area contributed by atoms with Gasteiger partial charge in [-0.05, 0) is 79.2 Å². The Morgan fingerprint density at radius 1 is 0.828 bits per heavy atom. The van der Waals surface area contributed by atoms with Crippen LogP contribution in [-0.4, -0.2) is 13.2 Å². The van der Waals surface area contributed by atoms with E-state index < -0.39 is 0 Å². The summed E-state index contributed by atoms with van der Waals surface area (Å²) in [7, 11) is 1.85. The second kappa shape index (κ2) is 12.9. The van der Waals surface area contributed by atoms with Crippen LogP contribution in [0.5, 0.6) is 0 Å². The number of hydrogen-bond donors (Lipinski definition) is 0. The van der Waals surface area contributed by atoms with Crippen molar-refractivity contribution in [3.63, 3.8) is 0 Å². The highest BCUT2D eigenvalue weighted by Crippen LogP contribution is 2.27. The van der Waals surface area contributed by atoms with Crippen molar-refractivity contribution in [2.24, 2.45) is 5.92 Å². The van der Waals surface area contributed by atoms with Gasteiger partial charge in [0.25, 0.3) is 0 Å². The van der Waals surface area contributed by atoms with Gasteiger partial charge in [0.05, 0.1) is 6.10 Å². The molecule has 0 heterocycles. The van der Waals surface area contributed by atoms with Crippen LogP contribution in [0, 0.1) is 12.8 Å². The van der Waals surface area contributed by atoms with E-state index in [2.05, 4.69) is 70.2 Å². The van der Waals surface area contributed by atoms with Crippen molar-refractivity contribution in [1.29, 1.82) is 0 Å². The molecule has 0 amide bonds. The minimum absolute atomic E-state index is 0.453. The molecule has 0 bridgehead atoms. The van der Waals surface area contributed by atoms with Crippen molar-refractivity contribution in [2.75, 3.05) is 7.11 Å². The summed E-state index contributed by atoms with van der Waals surface area (Å²) in [4.78, 5) is 0. The molecule has 0 aliphatic rings.